The molecule has 0 spiro atoms. The van der Waals surface area contributed by atoms with Crippen molar-refractivity contribution in [3.05, 3.63) is 0 Å². The van der Waals surface area contributed by atoms with Crippen LogP contribution in [0.5, 0.6) is 0 Å². The van der Waals surface area contributed by atoms with Crippen LogP contribution in [0.25, 0.3) is 0 Å². The highest BCUT2D eigenvalue weighted by Gasteiger charge is 2.13. The largest absolute Gasteiger partial charge is 0.314 e. The smallest absolute Gasteiger partial charge is 0.274 e. The third-order valence-electron chi connectivity index (χ3n) is 1.96. The molecule has 1 saturated heterocycles. The monoisotopic (exact) mass is 193 g/mol. The van der Waals surface area contributed by atoms with Crippen molar-refractivity contribution < 1.29 is 8.42 Å². The fourth-order valence-corrected chi connectivity index (χ4v) is 1.78. The van der Waals surface area contributed by atoms with Gasteiger partial charge in [-0.2, -0.15) is 8.42 Å². The van der Waals surface area contributed by atoms with E-state index in [9.17, 15) is 8.42 Å². The predicted molar refractivity (Wildman–Crippen MR) is 46.8 cm³/mol. The second-order valence-corrected chi connectivity index (χ2v) is 4.40. The number of rotatable bonds is 4. The number of hydrogen-bond acceptors (Lipinski definition) is 3. The minimum absolute atomic E-state index is 0.427. The van der Waals surface area contributed by atoms with Gasteiger partial charge in [-0.05, 0) is 25.8 Å². The van der Waals surface area contributed by atoms with Crippen LogP contribution in [-0.4, -0.2) is 27.5 Å². The van der Waals surface area contributed by atoms with Crippen molar-refractivity contribution in [2.45, 2.75) is 25.3 Å². The molecule has 0 bridgehead atoms. The second-order valence-electron chi connectivity index (χ2n) is 3.02. The molecular weight excluding hydrogens is 178 g/mol. The zero-order chi connectivity index (χ0) is 9.03. The molecule has 12 heavy (non-hydrogen) atoms. The van der Waals surface area contributed by atoms with E-state index in [1.165, 1.54) is 6.42 Å². The van der Waals surface area contributed by atoms with Crippen LogP contribution < -0.4 is 15.2 Å². The van der Waals surface area contributed by atoms with Crippen molar-refractivity contribution in [3.8, 4) is 0 Å². The molecule has 0 aromatic carbocycles. The average molecular weight is 193 g/mol. The summed E-state index contributed by atoms with van der Waals surface area (Å²) in [5, 5.41) is 8.03. The van der Waals surface area contributed by atoms with Gasteiger partial charge >= 0.3 is 0 Å². The highest BCUT2D eigenvalue weighted by Crippen LogP contribution is 2.07. The molecule has 1 fully saturated rings. The second kappa shape index (κ2) is 4.18. The van der Waals surface area contributed by atoms with Crippen LogP contribution in [0.15, 0.2) is 0 Å². The summed E-state index contributed by atoms with van der Waals surface area (Å²) in [7, 11) is -3.49. The van der Waals surface area contributed by atoms with Crippen molar-refractivity contribution >= 4 is 10.2 Å². The van der Waals surface area contributed by atoms with E-state index in [4.69, 9.17) is 5.14 Å². The molecule has 1 aliphatic rings. The minimum atomic E-state index is -3.49. The van der Waals surface area contributed by atoms with Gasteiger partial charge in [0.05, 0.1) is 0 Å². The molecule has 0 saturated carbocycles. The van der Waals surface area contributed by atoms with Crippen LogP contribution in [0.4, 0.5) is 0 Å². The summed E-state index contributed by atoms with van der Waals surface area (Å²) in [6.07, 6.45) is 3.13. The maximum absolute atomic E-state index is 10.5. The third kappa shape index (κ3) is 4.01. The summed E-state index contributed by atoms with van der Waals surface area (Å²) >= 11 is 0. The Kier molecular flexibility index (Phi) is 3.45. The van der Waals surface area contributed by atoms with Gasteiger partial charge in [0.15, 0.2) is 0 Å². The molecule has 0 aromatic rings. The van der Waals surface area contributed by atoms with Crippen LogP contribution in [0.2, 0.25) is 0 Å². The molecule has 1 aliphatic heterocycles. The Hall–Kier alpha value is -0.170. The van der Waals surface area contributed by atoms with Gasteiger partial charge in [-0.1, -0.05) is 0 Å². The van der Waals surface area contributed by atoms with E-state index >= 15 is 0 Å². The molecule has 0 radical (unpaired) electrons. The molecule has 5 nitrogen and oxygen atoms in total. The Morgan fingerprint density at radius 3 is 2.83 bits per heavy atom. The summed E-state index contributed by atoms with van der Waals surface area (Å²) in [5.41, 5.74) is 0. The Bertz CT molecular complexity index is 221. The molecule has 6 heteroatoms. The fraction of sp³-hybridized carbons (Fsp3) is 1.00. The molecule has 4 N–H and O–H groups in total. The lowest BCUT2D eigenvalue weighted by molar-refractivity contribution is 0.540. The average Bonchev–Trinajstić information content (AvgIpc) is 2.36. The number of nitrogens with one attached hydrogen (secondary N) is 2. The SMILES string of the molecule is NS(=O)(=O)NCCC1CCCN1. The lowest BCUT2D eigenvalue weighted by Crippen LogP contribution is -2.34. The molecule has 0 amide bonds. The molecule has 1 rings (SSSR count). The lowest BCUT2D eigenvalue weighted by Gasteiger charge is -2.08. The van der Waals surface area contributed by atoms with Crippen molar-refractivity contribution in [3.63, 3.8) is 0 Å². The van der Waals surface area contributed by atoms with Crippen molar-refractivity contribution in [1.82, 2.24) is 10.0 Å². The van der Waals surface area contributed by atoms with E-state index in [0.717, 1.165) is 19.4 Å². The highest BCUT2D eigenvalue weighted by molar-refractivity contribution is 7.87. The third-order valence-corrected chi connectivity index (χ3v) is 2.56. The lowest BCUT2D eigenvalue weighted by atomic mass is 10.2. The first kappa shape index (κ1) is 9.91. The molecule has 72 valence electrons. The minimum Gasteiger partial charge on any atom is -0.314 e. The Morgan fingerprint density at radius 1 is 1.58 bits per heavy atom. The summed E-state index contributed by atoms with van der Waals surface area (Å²) in [4.78, 5) is 0. The predicted octanol–water partition coefficient (Wildman–Crippen LogP) is -1.08. The van der Waals surface area contributed by atoms with Crippen molar-refractivity contribution in [2.75, 3.05) is 13.1 Å². The first-order valence-corrected chi connectivity index (χ1v) is 5.63. The molecule has 1 heterocycles. The van der Waals surface area contributed by atoms with Gasteiger partial charge in [0.2, 0.25) is 0 Å². The maximum Gasteiger partial charge on any atom is 0.274 e. The Morgan fingerprint density at radius 2 is 2.33 bits per heavy atom. The van der Waals surface area contributed by atoms with Crippen LogP contribution in [0, 0.1) is 0 Å². The first-order chi connectivity index (χ1) is 5.58. The zero-order valence-corrected chi connectivity index (χ0v) is 7.73. The summed E-state index contributed by atoms with van der Waals surface area (Å²) in [5.74, 6) is 0. The molecule has 1 atom stereocenters. The van der Waals surface area contributed by atoms with Gasteiger partial charge in [0, 0.05) is 12.6 Å². The van der Waals surface area contributed by atoms with Crippen LogP contribution in [0.3, 0.4) is 0 Å². The highest BCUT2D eigenvalue weighted by atomic mass is 32.2. The number of hydrogen-bond donors (Lipinski definition) is 3. The number of nitrogens with two attached hydrogens (primary N) is 1. The van der Waals surface area contributed by atoms with E-state index in [1.807, 2.05) is 0 Å². The molecular formula is C6H15N3O2S. The molecule has 0 aliphatic carbocycles. The summed E-state index contributed by atoms with van der Waals surface area (Å²) in [6.45, 7) is 1.47. The van der Waals surface area contributed by atoms with Crippen LogP contribution >= 0.6 is 0 Å². The van der Waals surface area contributed by atoms with Crippen LogP contribution in [0.1, 0.15) is 19.3 Å². The fourth-order valence-electron chi connectivity index (χ4n) is 1.38. The van der Waals surface area contributed by atoms with E-state index in [2.05, 4.69) is 10.0 Å². The topological polar surface area (TPSA) is 84.2 Å². The van der Waals surface area contributed by atoms with Gasteiger partial charge in [0.25, 0.3) is 10.2 Å². The summed E-state index contributed by atoms with van der Waals surface area (Å²) in [6, 6.07) is 0.458. The van der Waals surface area contributed by atoms with Crippen molar-refractivity contribution in [1.29, 1.82) is 0 Å². The quantitative estimate of drug-likeness (QED) is 0.531. The van der Waals surface area contributed by atoms with Gasteiger partial charge in [-0.3, -0.25) is 0 Å². The van der Waals surface area contributed by atoms with Gasteiger partial charge in [0.1, 0.15) is 0 Å². The normalized spacial score (nSPS) is 24.6. The zero-order valence-electron chi connectivity index (χ0n) is 6.91. The maximum atomic E-state index is 10.5. The van der Waals surface area contributed by atoms with E-state index in [0.29, 0.717) is 12.6 Å². The standard InChI is InChI=1S/C6H15N3O2S/c7-12(10,11)9-5-3-6-2-1-4-8-6/h6,8-9H,1-5H2,(H2,7,10,11). The summed E-state index contributed by atoms with van der Waals surface area (Å²) < 4.78 is 23.2. The van der Waals surface area contributed by atoms with Crippen LogP contribution in [-0.2, 0) is 10.2 Å². The molecule has 0 aromatic heterocycles. The van der Waals surface area contributed by atoms with Gasteiger partial charge < -0.3 is 5.32 Å². The van der Waals surface area contributed by atoms with E-state index in [-0.39, 0.29) is 0 Å². The van der Waals surface area contributed by atoms with Crippen molar-refractivity contribution in [2.24, 2.45) is 5.14 Å². The first-order valence-electron chi connectivity index (χ1n) is 4.09. The Balaban J connectivity index is 2.09. The van der Waals surface area contributed by atoms with Gasteiger partial charge in [-0.25, -0.2) is 9.86 Å². The Labute approximate surface area is 72.9 Å². The van der Waals surface area contributed by atoms with Gasteiger partial charge in [-0.15, -0.1) is 0 Å². The molecule has 1 unspecified atom stereocenters. The van der Waals surface area contributed by atoms with E-state index in [1.54, 1.807) is 0 Å². The van der Waals surface area contributed by atoms with E-state index < -0.39 is 10.2 Å².